The Hall–Kier alpha value is -5.26. The van der Waals surface area contributed by atoms with Crippen molar-refractivity contribution in [3.8, 4) is 11.5 Å². The summed E-state index contributed by atoms with van der Waals surface area (Å²) in [5, 5.41) is 45.8. The van der Waals surface area contributed by atoms with Crippen molar-refractivity contribution in [2.24, 2.45) is 46.3 Å². The lowest BCUT2D eigenvalue weighted by atomic mass is 9.44. The van der Waals surface area contributed by atoms with Crippen molar-refractivity contribution in [3.05, 3.63) is 68.8 Å². The van der Waals surface area contributed by atoms with E-state index in [2.05, 4.69) is 0 Å². The van der Waals surface area contributed by atoms with E-state index < -0.39 is 129 Å². The largest absolute Gasteiger partial charge is 0.507 e. The number of aryl methyl sites for hydroxylation is 2. The van der Waals surface area contributed by atoms with Gasteiger partial charge in [0.1, 0.15) is 23.0 Å². The van der Waals surface area contributed by atoms with Crippen molar-refractivity contribution >= 4 is 46.6 Å². The van der Waals surface area contributed by atoms with Gasteiger partial charge in [0, 0.05) is 48.6 Å². The molecule has 2 spiro atoms. The zero-order chi connectivity index (χ0) is 34.5. The van der Waals surface area contributed by atoms with Crippen molar-refractivity contribution < 1.29 is 58.7 Å². The Morgan fingerprint density at radius 1 is 0.646 bits per heavy atom. The van der Waals surface area contributed by atoms with Gasteiger partial charge in [-0.15, -0.1) is 0 Å². The van der Waals surface area contributed by atoms with Crippen LogP contribution in [0.2, 0.25) is 0 Å². The van der Waals surface area contributed by atoms with E-state index in [-0.39, 0.29) is 22.3 Å². The molecule has 12 nitrogen and oxygen atoms in total. The normalized spacial score (nSPS) is 33.4. The maximum Gasteiger partial charge on any atom is 0.302 e. The van der Waals surface area contributed by atoms with Crippen LogP contribution in [0.1, 0.15) is 56.8 Å². The van der Waals surface area contributed by atoms with E-state index in [1.165, 1.54) is 24.3 Å². The van der Waals surface area contributed by atoms with Gasteiger partial charge >= 0.3 is 11.9 Å². The summed E-state index contributed by atoms with van der Waals surface area (Å²) >= 11 is 0. The zero-order valence-electron chi connectivity index (χ0n) is 26.2. The summed E-state index contributed by atoms with van der Waals surface area (Å²) in [4.78, 5) is 85.1. The van der Waals surface area contributed by atoms with Gasteiger partial charge < -0.3 is 29.9 Å². The fraction of sp³-hybridized carbons (Fsp3) is 0.389. The molecule has 0 aliphatic heterocycles. The maximum absolute atomic E-state index is 15.2. The van der Waals surface area contributed by atoms with Gasteiger partial charge in [0.15, 0.2) is 23.1 Å². The zero-order valence-corrected chi connectivity index (χ0v) is 26.2. The van der Waals surface area contributed by atoms with Crippen LogP contribution in [-0.4, -0.2) is 68.7 Å². The van der Waals surface area contributed by atoms with Crippen LogP contribution < -0.4 is 0 Å². The van der Waals surface area contributed by atoms with Gasteiger partial charge in [-0.25, -0.2) is 0 Å². The number of esters is 2. The molecule has 8 atom stereocenters. The minimum atomic E-state index is -2.15. The van der Waals surface area contributed by atoms with Gasteiger partial charge in [-0.2, -0.15) is 0 Å². The number of rotatable bonds is 4. The van der Waals surface area contributed by atoms with Crippen molar-refractivity contribution in [2.45, 2.75) is 27.7 Å². The molecular formula is C36H30O12. The Kier molecular flexibility index (Phi) is 5.77. The monoisotopic (exact) mass is 654 g/mol. The third-order valence-electron chi connectivity index (χ3n) is 11.8. The molecule has 2 unspecified atom stereocenters. The van der Waals surface area contributed by atoms with Crippen LogP contribution in [0.25, 0.3) is 11.5 Å². The molecule has 2 aromatic carbocycles. The number of hydrogen-bond acceptors (Lipinski definition) is 12. The molecule has 6 aliphatic carbocycles. The molecule has 12 heteroatoms. The lowest BCUT2D eigenvalue weighted by molar-refractivity contribution is -0.150. The summed E-state index contributed by atoms with van der Waals surface area (Å²) in [5.41, 5.74) is -5.13. The Balaban J connectivity index is 1.54. The Morgan fingerprint density at radius 2 is 1.00 bits per heavy atom. The summed E-state index contributed by atoms with van der Waals surface area (Å²) in [6.45, 7) is 4.68. The highest BCUT2D eigenvalue weighted by molar-refractivity contribution is 6.30. The molecule has 0 heterocycles. The number of carbonyl (C=O) groups is 6. The second kappa shape index (κ2) is 9.21. The number of phenols is 2. The molecule has 0 aromatic heterocycles. The van der Waals surface area contributed by atoms with Gasteiger partial charge in [-0.1, -0.05) is 0 Å². The van der Waals surface area contributed by atoms with E-state index in [1.807, 2.05) is 0 Å². The van der Waals surface area contributed by atoms with Gasteiger partial charge in [-0.05, 0) is 61.1 Å². The fourth-order valence-corrected chi connectivity index (χ4v) is 10.8. The number of fused-ring (bicyclic) bond motifs is 4. The molecular weight excluding hydrogens is 624 g/mol. The number of aliphatic hydroxyl groups excluding tert-OH is 2. The van der Waals surface area contributed by atoms with E-state index in [9.17, 15) is 30.0 Å². The average Bonchev–Trinajstić information content (AvgIpc) is 3.40. The first-order valence-electron chi connectivity index (χ1n) is 15.6. The van der Waals surface area contributed by atoms with Crippen LogP contribution in [-0.2, 0) is 28.7 Å². The van der Waals surface area contributed by atoms with Gasteiger partial charge in [0.2, 0.25) is 0 Å². The lowest BCUT2D eigenvalue weighted by Crippen LogP contribution is -2.64. The SMILES string of the molecule is CC(=O)OC[C@@H]1[C@H]2[C@H]3[C@H](COC(C)=O)[C@@H]4C(=O)C5=C(O)c6c(O)cc(C)cc6C(=O)C53[C@@H]1C(=O)C1=C(O)c3c(O)cc(C)cc3C(=O)C124. The molecule has 6 aliphatic rings. The minimum absolute atomic E-state index is 0.150. The van der Waals surface area contributed by atoms with E-state index in [1.54, 1.807) is 13.8 Å². The molecule has 0 amide bonds. The number of hydrogen-bond donors (Lipinski definition) is 4. The molecule has 2 aromatic rings. The molecule has 4 N–H and O–H groups in total. The first kappa shape index (κ1) is 30.1. The van der Waals surface area contributed by atoms with Crippen LogP contribution in [0, 0.1) is 60.2 Å². The first-order valence-corrected chi connectivity index (χ1v) is 15.6. The third-order valence-corrected chi connectivity index (χ3v) is 11.8. The van der Waals surface area contributed by atoms with Crippen LogP contribution in [0.15, 0.2) is 35.4 Å². The number of ketones is 4. The fourth-order valence-electron chi connectivity index (χ4n) is 10.8. The van der Waals surface area contributed by atoms with Crippen LogP contribution >= 0.6 is 0 Å². The van der Waals surface area contributed by atoms with Crippen molar-refractivity contribution in [3.63, 3.8) is 0 Å². The van der Waals surface area contributed by atoms with Crippen LogP contribution in [0.3, 0.4) is 0 Å². The summed E-state index contributed by atoms with van der Waals surface area (Å²) in [6.07, 6.45) is 0. The summed E-state index contributed by atoms with van der Waals surface area (Å²) in [6, 6.07) is 5.50. The number of aromatic hydroxyl groups is 2. The summed E-state index contributed by atoms with van der Waals surface area (Å²) in [7, 11) is 0. The Morgan fingerprint density at radius 3 is 1.33 bits per heavy atom. The smallest absolute Gasteiger partial charge is 0.302 e. The summed E-state index contributed by atoms with van der Waals surface area (Å²) < 4.78 is 10.9. The molecule has 0 saturated heterocycles. The number of carbonyl (C=O) groups excluding carboxylic acids is 6. The van der Waals surface area contributed by atoms with Crippen LogP contribution in [0.5, 0.6) is 11.5 Å². The molecule has 4 bridgehead atoms. The van der Waals surface area contributed by atoms with Gasteiger partial charge in [0.25, 0.3) is 0 Å². The quantitative estimate of drug-likeness (QED) is 0.351. The topological polar surface area (TPSA) is 202 Å². The van der Waals surface area contributed by atoms with Crippen molar-refractivity contribution in [2.75, 3.05) is 13.2 Å². The second-order valence-electron chi connectivity index (χ2n) is 13.9. The lowest BCUT2D eigenvalue weighted by Gasteiger charge is -2.55. The van der Waals surface area contributed by atoms with Crippen LogP contribution in [0.4, 0.5) is 0 Å². The van der Waals surface area contributed by atoms with Crippen molar-refractivity contribution in [1.29, 1.82) is 0 Å². The minimum Gasteiger partial charge on any atom is -0.507 e. The number of Topliss-reactive ketones (excluding diaryl/α,β-unsaturated/α-hetero) is 4. The number of phenolic OH excluding ortho intramolecular Hbond substituents is 2. The van der Waals surface area contributed by atoms with E-state index in [0.717, 1.165) is 13.8 Å². The summed E-state index contributed by atoms with van der Waals surface area (Å²) in [5.74, 6) is -14.4. The Bertz CT molecular complexity index is 1940. The highest BCUT2D eigenvalue weighted by Gasteiger charge is 2.89. The third kappa shape index (κ3) is 3.07. The standard InChI is InChI=1S/C36H30O12/c1-11-5-15-21(19(39)7-11)29(41)27-32(44)26-17(9-47-13(3)37)23-24-18(10-48-14(4)38)25(35(23,27)33(15)45)31(43)28-30(42)22-16(34(46)36(24,26)28)6-12(2)8-20(22)40/h5-8,17-18,23-26,39-42H,9-10H2,1-4H3/t17-,18+,23+,24-,25-,26+,35?,36?. The predicted molar refractivity (Wildman–Crippen MR) is 163 cm³/mol. The van der Waals surface area contributed by atoms with Crippen molar-refractivity contribution in [1.82, 2.24) is 0 Å². The number of aliphatic hydroxyl groups is 2. The predicted octanol–water partition coefficient (Wildman–Crippen LogP) is 3.33. The first-order chi connectivity index (χ1) is 22.6. The maximum atomic E-state index is 15.2. The number of ether oxygens (including phenoxy) is 2. The molecule has 4 saturated carbocycles. The number of benzene rings is 2. The van der Waals surface area contributed by atoms with E-state index in [0.29, 0.717) is 11.1 Å². The average molecular weight is 655 g/mol. The van der Waals surface area contributed by atoms with Gasteiger partial charge in [0.05, 0.1) is 46.3 Å². The molecule has 246 valence electrons. The van der Waals surface area contributed by atoms with Gasteiger partial charge in [-0.3, -0.25) is 28.8 Å². The molecule has 4 fully saturated rings. The second-order valence-corrected chi connectivity index (χ2v) is 13.9. The molecule has 8 rings (SSSR count). The highest BCUT2D eigenvalue weighted by Crippen LogP contribution is 2.83. The van der Waals surface area contributed by atoms with E-state index in [4.69, 9.17) is 9.47 Å². The number of allylic oxidation sites excluding steroid dienone is 2. The van der Waals surface area contributed by atoms with E-state index >= 15 is 19.2 Å². The molecule has 0 radical (unpaired) electrons. The molecule has 48 heavy (non-hydrogen) atoms. The Labute approximate surface area is 272 Å². The highest BCUT2D eigenvalue weighted by atomic mass is 16.5.